The summed E-state index contributed by atoms with van der Waals surface area (Å²) in [6.45, 7) is 1.64. The van der Waals surface area contributed by atoms with Gasteiger partial charge in [-0.1, -0.05) is 19.3 Å². The number of rotatable bonds is 1. The molecule has 82 valence electrons. The lowest BCUT2D eigenvalue weighted by molar-refractivity contribution is 0.426. The van der Waals surface area contributed by atoms with Crippen LogP contribution in [0.15, 0.2) is 0 Å². The quantitative estimate of drug-likeness (QED) is 0.773. The highest BCUT2D eigenvalue weighted by atomic mass is 19.1. The van der Waals surface area contributed by atoms with Gasteiger partial charge in [0.15, 0.2) is 11.6 Å². The van der Waals surface area contributed by atoms with Crippen LogP contribution in [0.5, 0.6) is 0 Å². The molecule has 4 heteroatoms. The number of hydrogen-bond acceptors (Lipinski definition) is 3. The number of aromatic nitrogens is 2. The zero-order valence-electron chi connectivity index (χ0n) is 8.96. The summed E-state index contributed by atoms with van der Waals surface area (Å²) in [6.07, 6.45) is 5.91. The summed E-state index contributed by atoms with van der Waals surface area (Å²) in [7, 11) is 0. The van der Waals surface area contributed by atoms with Crippen LogP contribution < -0.4 is 5.73 Å². The van der Waals surface area contributed by atoms with Crippen LogP contribution in [-0.4, -0.2) is 9.97 Å². The predicted molar refractivity (Wildman–Crippen MR) is 57.0 cm³/mol. The Morgan fingerprint density at radius 2 is 1.87 bits per heavy atom. The Bertz CT molecular complexity index is 336. The first-order chi connectivity index (χ1) is 7.18. The molecule has 0 saturated heterocycles. The van der Waals surface area contributed by atoms with Crippen molar-refractivity contribution >= 4 is 5.82 Å². The van der Waals surface area contributed by atoms with Crippen molar-refractivity contribution in [1.82, 2.24) is 9.97 Å². The normalized spacial score (nSPS) is 18.0. The number of nitrogens with zero attached hydrogens (tertiary/aromatic N) is 2. The van der Waals surface area contributed by atoms with Crippen molar-refractivity contribution in [3.63, 3.8) is 0 Å². The first kappa shape index (κ1) is 10.3. The predicted octanol–water partition coefficient (Wildman–Crippen LogP) is 2.55. The van der Waals surface area contributed by atoms with Crippen LogP contribution >= 0.6 is 0 Å². The molecule has 1 aliphatic rings. The third-order valence-corrected chi connectivity index (χ3v) is 3.03. The number of anilines is 1. The van der Waals surface area contributed by atoms with Crippen LogP contribution in [0.4, 0.5) is 10.2 Å². The van der Waals surface area contributed by atoms with E-state index >= 15 is 0 Å². The zero-order chi connectivity index (χ0) is 10.8. The van der Waals surface area contributed by atoms with Gasteiger partial charge in [0.25, 0.3) is 0 Å². The lowest BCUT2D eigenvalue weighted by Gasteiger charge is -2.20. The number of hydrogen-bond donors (Lipinski definition) is 1. The van der Waals surface area contributed by atoms with E-state index in [-0.39, 0.29) is 5.82 Å². The number of aryl methyl sites for hydroxylation is 1. The Morgan fingerprint density at radius 3 is 2.47 bits per heavy atom. The fourth-order valence-electron chi connectivity index (χ4n) is 2.15. The van der Waals surface area contributed by atoms with E-state index in [1.807, 2.05) is 0 Å². The molecular formula is C11H16FN3. The maximum atomic E-state index is 13.2. The third-order valence-electron chi connectivity index (χ3n) is 3.03. The minimum atomic E-state index is -0.477. The van der Waals surface area contributed by atoms with Gasteiger partial charge in [-0.25, -0.2) is 14.4 Å². The Kier molecular flexibility index (Phi) is 2.84. The van der Waals surface area contributed by atoms with E-state index in [4.69, 9.17) is 5.73 Å². The Morgan fingerprint density at radius 1 is 1.20 bits per heavy atom. The summed E-state index contributed by atoms with van der Waals surface area (Å²) in [4.78, 5) is 8.24. The van der Waals surface area contributed by atoms with E-state index in [1.54, 1.807) is 6.92 Å². The molecule has 0 atom stereocenters. The standard InChI is InChI=1S/C11H16FN3/c1-7-9(12)10(13)15-11(14-7)8-5-3-2-4-6-8/h8H,2-6H2,1H3,(H2,13,14,15). The average Bonchev–Trinajstić information content (AvgIpc) is 2.26. The average molecular weight is 209 g/mol. The van der Waals surface area contributed by atoms with Crippen LogP contribution in [0.25, 0.3) is 0 Å². The molecule has 0 amide bonds. The Hall–Kier alpha value is -1.19. The molecule has 15 heavy (non-hydrogen) atoms. The molecule has 3 nitrogen and oxygen atoms in total. The molecule has 1 aromatic rings. The Balaban J connectivity index is 2.27. The molecule has 0 aromatic carbocycles. The summed E-state index contributed by atoms with van der Waals surface area (Å²) >= 11 is 0. The second kappa shape index (κ2) is 4.13. The van der Waals surface area contributed by atoms with E-state index in [1.165, 1.54) is 19.3 Å². The van der Waals surface area contributed by atoms with Crippen molar-refractivity contribution in [3.05, 3.63) is 17.3 Å². The summed E-state index contributed by atoms with van der Waals surface area (Å²) in [5, 5.41) is 0. The van der Waals surface area contributed by atoms with Gasteiger partial charge in [0.05, 0.1) is 5.69 Å². The molecule has 0 unspecified atom stereocenters. The molecule has 1 aromatic heterocycles. The van der Waals surface area contributed by atoms with Crippen molar-refractivity contribution in [1.29, 1.82) is 0 Å². The smallest absolute Gasteiger partial charge is 0.186 e. The van der Waals surface area contributed by atoms with Gasteiger partial charge < -0.3 is 5.73 Å². The van der Waals surface area contributed by atoms with Gasteiger partial charge in [-0.3, -0.25) is 0 Å². The fraction of sp³-hybridized carbons (Fsp3) is 0.636. The van der Waals surface area contributed by atoms with Gasteiger partial charge in [0.1, 0.15) is 5.82 Å². The van der Waals surface area contributed by atoms with Gasteiger partial charge in [-0.15, -0.1) is 0 Å². The van der Waals surface area contributed by atoms with Crippen molar-refractivity contribution < 1.29 is 4.39 Å². The summed E-state index contributed by atoms with van der Waals surface area (Å²) < 4.78 is 13.2. The van der Waals surface area contributed by atoms with E-state index < -0.39 is 5.82 Å². The molecule has 0 spiro atoms. The van der Waals surface area contributed by atoms with Crippen LogP contribution in [0.1, 0.15) is 49.5 Å². The second-order valence-electron chi connectivity index (χ2n) is 4.20. The molecule has 0 bridgehead atoms. The topological polar surface area (TPSA) is 51.8 Å². The molecular weight excluding hydrogens is 193 g/mol. The minimum Gasteiger partial charge on any atom is -0.381 e. The largest absolute Gasteiger partial charge is 0.381 e. The van der Waals surface area contributed by atoms with Crippen molar-refractivity contribution in [3.8, 4) is 0 Å². The second-order valence-corrected chi connectivity index (χ2v) is 4.20. The summed E-state index contributed by atoms with van der Waals surface area (Å²) in [5.74, 6) is 0.615. The highest BCUT2D eigenvalue weighted by Gasteiger charge is 2.20. The first-order valence-corrected chi connectivity index (χ1v) is 5.48. The van der Waals surface area contributed by atoms with Gasteiger partial charge in [-0.05, 0) is 19.8 Å². The zero-order valence-corrected chi connectivity index (χ0v) is 8.96. The molecule has 2 rings (SSSR count). The molecule has 1 fully saturated rings. The van der Waals surface area contributed by atoms with Gasteiger partial charge in [0.2, 0.25) is 0 Å². The monoisotopic (exact) mass is 209 g/mol. The van der Waals surface area contributed by atoms with Crippen LogP contribution in [-0.2, 0) is 0 Å². The number of nitrogens with two attached hydrogens (primary N) is 1. The van der Waals surface area contributed by atoms with Crippen molar-refractivity contribution in [2.45, 2.75) is 44.9 Å². The summed E-state index contributed by atoms with van der Waals surface area (Å²) in [6, 6.07) is 0. The van der Waals surface area contributed by atoms with Gasteiger partial charge in [0, 0.05) is 5.92 Å². The lowest BCUT2D eigenvalue weighted by atomic mass is 9.88. The van der Waals surface area contributed by atoms with Gasteiger partial charge in [-0.2, -0.15) is 0 Å². The molecule has 1 saturated carbocycles. The number of halogens is 1. The maximum Gasteiger partial charge on any atom is 0.186 e. The first-order valence-electron chi connectivity index (χ1n) is 5.48. The van der Waals surface area contributed by atoms with Crippen LogP contribution in [0, 0.1) is 12.7 Å². The van der Waals surface area contributed by atoms with Crippen LogP contribution in [0.2, 0.25) is 0 Å². The molecule has 1 heterocycles. The van der Waals surface area contributed by atoms with Crippen molar-refractivity contribution in [2.24, 2.45) is 0 Å². The highest BCUT2D eigenvalue weighted by molar-refractivity contribution is 5.32. The van der Waals surface area contributed by atoms with E-state index in [0.29, 0.717) is 11.6 Å². The molecule has 0 radical (unpaired) electrons. The van der Waals surface area contributed by atoms with E-state index in [2.05, 4.69) is 9.97 Å². The molecule has 2 N–H and O–H groups in total. The van der Waals surface area contributed by atoms with Crippen molar-refractivity contribution in [2.75, 3.05) is 5.73 Å². The van der Waals surface area contributed by atoms with E-state index in [9.17, 15) is 4.39 Å². The highest BCUT2D eigenvalue weighted by Crippen LogP contribution is 2.31. The molecule has 1 aliphatic carbocycles. The minimum absolute atomic E-state index is 0.0110. The van der Waals surface area contributed by atoms with E-state index in [0.717, 1.165) is 18.7 Å². The van der Waals surface area contributed by atoms with Gasteiger partial charge >= 0.3 is 0 Å². The summed E-state index contributed by atoms with van der Waals surface area (Å²) in [5.41, 5.74) is 5.87. The third kappa shape index (κ3) is 2.08. The SMILES string of the molecule is Cc1nc(C2CCCCC2)nc(N)c1F. The fourth-order valence-corrected chi connectivity index (χ4v) is 2.15. The maximum absolute atomic E-state index is 13.2. The lowest BCUT2D eigenvalue weighted by Crippen LogP contribution is -2.12. The Labute approximate surface area is 88.9 Å². The molecule has 0 aliphatic heterocycles. The number of nitrogen functional groups attached to an aromatic ring is 1. The van der Waals surface area contributed by atoms with Crippen LogP contribution in [0.3, 0.4) is 0 Å².